The first-order chi connectivity index (χ1) is 11.6. The summed E-state index contributed by atoms with van der Waals surface area (Å²) in [4.78, 5) is 18.7. The molecule has 5 heteroatoms. The minimum absolute atomic E-state index is 0.110. The summed E-state index contributed by atoms with van der Waals surface area (Å²) in [6, 6.07) is 11.5. The van der Waals surface area contributed by atoms with Crippen molar-refractivity contribution in [1.29, 1.82) is 0 Å². The van der Waals surface area contributed by atoms with Crippen LogP contribution in [0.1, 0.15) is 22.0 Å². The lowest BCUT2D eigenvalue weighted by molar-refractivity contribution is -0.114. The minimum Gasteiger partial charge on any atom is -0.467 e. The molecule has 0 aliphatic rings. The first kappa shape index (κ1) is 16.2. The molecule has 3 aromatic rings. The van der Waals surface area contributed by atoms with Crippen molar-refractivity contribution in [2.75, 3.05) is 4.90 Å². The molecular formula is C19H18N2O2S. The van der Waals surface area contributed by atoms with Crippen LogP contribution in [0, 0.1) is 13.8 Å². The maximum absolute atomic E-state index is 12.7. The highest BCUT2D eigenvalue weighted by Gasteiger charge is 2.15. The average molecular weight is 338 g/mol. The van der Waals surface area contributed by atoms with Crippen molar-refractivity contribution in [2.24, 2.45) is 0 Å². The monoisotopic (exact) mass is 338 g/mol. The van der Waals surface area contributed by atoms with Crippen LogP contribution in [-0.4, -0.2) is 10.9 Å². The van der Waals surface area contributed by atoms with Crippen LogP contribution < -0.4 is 4.90 Å². The number of hydrogen-bond acceptors (Lipinski definition) is 4. The van der Waals surface area contributed by atoms with Crippen molar-refractivity contribution in [3.63, 3.8) is 0 Å². The van der Waals surface area contributed by atoms with Crippen LogP contribution in [0.25, 0.3) is 6.08 Å². The second-order valence-corrected chi connectivity index (χ2v) is 6.53. The molecule has 3 rings (SSSR count). The van der Waals surface area contributed by atoms with Gasteiger partial charge in [0.1, 0.15) is 5.76 Å². The third-order valence-electron chi connectivity index (χ3n) is 3.54. The van der Waals surface area contributed by atoms with E-state index in [0.29, 0.717) is 6.54 Å². The first-order valence-electron chi connectivity index (χ1n) is 7.62. The number of rotatable bonds is 5. The maximum Gasteiger partial charge on any atom is 0.251 e. The van der Waals surface area contributed by atoms with E-state index in [4.69, 9.17) is 4.42 Å². The Morgan fingerprint density at radius 2 is 2.04 bits per heavy atom. The van der Waals surface area contributed by atoms with Gasteiger partial charge in [-0.2, -0.15) is 0 Å². The number of carbonyl (C=O) groups excluding carboxylic acids is 1. The van der Waals surface area contributed by atoms with Crippen molar-refractivity contribution < 1.29 is 9.21 Å². The third kappa shape index (κ3) is 4.00. The molecule has 0 spiro atoms. The lowest BCUT2D eigenvalue weighted by Crippen LogP contribution is -2.28. The summed E-state index contributed by atoms with van der Waals surface area (Å²) >= 11 is 1.56. The zero-order valence-electron chi connectivity index (χ0n) is 13.6. The lowest BCUT2D eigenvalue weighted by Gasteiger charge is -2.20. The topological polar surface area (TPSA) is 46.3 Å². The number of nitrogens with zero attached hydrogens (tertiary/aromatic N) is 2. The number of amides is 1. The summed E-state index contributed by atoms with van der Waals surface area (Å²) in [5.41, 5.74) is 2.78. The fourth-order valence-corrected chi connectivity index (χ4v) is 2.86. The summed E-state index contributed by atoms with van der Waals surface area (Å²) in [6.45, 7) is 4.35. The Morgan fingerprint density at radius 1 is 1.25 bits per heavy atom. The number of hydrogen-bond donors (Lipinski definition) is 0. The zero-order chi connectivity index (χ0) is 16.9. The fourth-order valence-electron chi connectivity index (χ4n) is 2.28. The van der Waals surface area contributed by atoms with Gasteiger partial charge in [-0.1, -0.05) is 17.7 Å². The van der Waals surface area contributed by atoms with Crippen LogP contribution in [0.5, 0.6) is 0 Å². The molecule has 2 heterocycles. The summed E-state index contributed by atoms with van der Waals surface area (Å²) in [6.07, 6.45) is 4.91. The molecule has 0 atom stereocenters. The molecule has 0 saturated heterocycles. The molecule has 0 N–H and O–H groups in total. The molecular weight excluding hydrogens is 320 g/mol. The summed E-state index contributed by atoms with van der Waals surface area (Å²) in [7, 11) is 0. The second kappa shape index (κ2) is 7.27. The van der Waals surface area contributed by atoms with Crippen LogP contribution in [0.4, 0.5) is 5.69 Å². The van der Waals surface area contributed by atoms with E-state index in [9.17, 15) is 4.79 Å². The molecule has 4 nitrogen and oxygen atoms in total. The fraction of sp³-hybridized carbons (Fsp3) is 0.158. The molecule has 2 aromatic heterocycles. The van der Waals surface area contributed by atoms with Gasteiger partial charge in [0.25, 0.3) is 5.91 Å². The standard InChI is InChI=1S/C19H18N2O2S/c1-14-5-8-17(9-6-14)21(12-18-4-3-11-23-18)19(22)10-7-16-13-24-15(2)20-16/h3-11,13H,12H2,1-2H3/b10-7+. The number of benzene rings is 1. The van der Waals surface area contributed by atoms with Gasteiger partial charge < -0.3 is 9.32 Å². The number of furan rings is 1. The van der Waals surface area contributed by atoms with Crippen molar-refractivity contribution in [2.45, 2.75) is 20.4 Å². The Labute approximate surface area is 145 Å². The number of carbonyl (C=O) groups is 1. The highest BCUT2D eigenvalue weighted by Crippen LogP contribution is 2.19. The number of anilines is 1. The van der Waals surface area contributed by atoms with E-state index in [-0.39, 0.29) is 5.91 Å². The predicted molar refractivity (Wildman–Crippen MR) is 97.0 cm³/mol. The molecule has 0 saturated carbocycles. The molecule has 0 aliphatic heterocycles. The third-order valence-corrected chi connectivity index (χ3v) is 4.33. The van der Waals surface area contributed by atoms with Crippen LogP contribution in [-0.2, 0) is 11.3 Å². The van der Waals surface area contributed by atoms with Crippen LogP contribution in [0.2, 0.25) is 0 Å². The van der Waals surface area contributed by atoms with Crippen molar-refractivity contribution in [3.05, 3.63) is 76.1 Å². The molecule has 0 fully saturated rings. The van der Waals surface area contributed by atoms with Crippen molar-refractivity contribution in [3.8, 4) is 0 Å². The van der Waals surface area contributed by atoms with Crippen molar-refractivity contribution >= 4 is 29.0 Å². The number of aryl methyl sites for hydroxylation is 2. The smallest absolute Gasteiger partial charge is 0.251 e. The average Bonchev–Trinajstić information content (AvgIpc) is 3.23. The van der Waals surface area contributed by atoms with E-state index in [1.165, 1.54) is 0 Å². The van der Waals surface area contributed by atoms with E-state index in [1.54, 1.807) is 34.7 Å². The molecule has 24 heavy (non-hydrogen) atoms. The van der Waals surface area contributed by atoms with E-state index in [0.717, 1.165) is 27.7 Å². The van der Waals surface area contributed by atoms with Gasteiger partial charge in [0, 0.05) is 17.1 Å². The van der Waals surface area contributed by atoms with Gasteiger partial charge in [0.15, 0.2) is 0 Å². The Bertz CT molecular complexity index is 833. The maximum atomic E-state index is 12.7. The zero-order valence-corrected chi connectivity index (χ0v) is 14.4. The molecule has 0 aliphatic carbocycles. The quantitative estimate of drug-likeness (QED) is 0.639. The van der Waals surface area contributed by atoms with Gasteiger partial charge in [0.05, 0.1) is 23.5 Å². The van der Waals surface area contributed by atoms with Crippen LogP contribution in [0.15, 0.2) is 58.5 Å². The Morgan fingerprint density at radius 3 is 2.67 bits per heavy atom. The number of thiazole rings is 1. The minimum atomic E-state index is -0.110. The normalized spacial score (nSPS) is 11.1. The molecule has 1 aromatic carbocycles. The van der Waals surface area contributed by atoms with Gasteiger partial charge in [-0.15, -0.1) is 11.3 Å². The van der Waals surface area contributed by atoms with E-state index in [1.807, 2.05) is 55.6 Å². The first-order valence-corrected chi connectivity index (χ1v) is 8.50. The summed E-state index contributed by atoms with van der Waals surface area (Å²) < 4.78 is 5.40. The lowest BCUT2D eigenvalue weighted by atomic mass is 10.2. The number of aromatic nitrogens is 1. The second-order valence-electron chi connectivity index (χ2n) is 5.46. The highest BCUT2D eigenvalue weighted by molar-refractivity contribution is 7.09. The van der Waals surface area contributed by atoms with Crippen LogP contribution in [0.3, 0.4) is 0 Å². The van der Waals surface area contributed by atoms with Crippen LogP contribution >= 0.6 is 11.3 Å². The van der Waals surface area contributed by atoms with Gasteiger partial charge >= 0.3 is 0 Å². The highest BCUT2D eigenvalue weighted by atomic mass is 32.1. The van der Waals surface area contributed by atoms with Crippen molar-refractivity contribution in [1.82, 2.24) is 4.98 Å². The largest absolute Gasteiger partial charge is 0.467 e. The van der Waals surface area contributed by atoms with E-state index >= 15 is 0 Å². The summed E-state index contributed by atoms with van der Waals surface area (Å²) in [5.74, 6) is 0.628. The molecule has 0 radical (unpaired) electrons. The van der Waals surface area contributed by atoms with Gasteiger partial charge in [0.2, 0.25) is 0 Å². The van der Waals surface area contributed by atoms with Gasteiger partial charge in [-0.3, -0.25) is 4.79 Å². The molecule has 0 bridgehead atoms. The Kier molecular flexibility index (Phi) is 4.91. The molecule has 122 valence electrons. The Balaban J connectivity index is 1.84. The predicted octanol–water partition coefficient (Wildman–Crippen LogP) is 4.60. The van der Waals surface area contributed by atoms with E-state index in [2.05, 4.69) is 4.98 Å². The van der Waals surface area contributed by atoms with Gasteiger partial charge in [-0.05, 0) is 44.2 Å². The van der Waals surface area contributed by atoms with Gasteiger partial charge in [-0.25, -0.2) is 4.98 Å². The summed E-state index contributed by atoms with van der Waals surface area (Å²) in [5, 5.41) is 2.91. The molecule has 1 amide bonds. The molecule has 0 unspecified atom stereocenters. The SMILES string of the molecule is Cc1ccc(N(Cc2ccco2)C(=O)/C=C/c2csc(C)n2)cc1. The van der Waals surface area contributed by atoms with E-state index < -0.39 is 0 Å². The Hall–Kier alpha value is -2.66.